The molecule has 0 spiro atoms. The average molecular weight is 410 g/mol. The topological polar surface area (TPSA) is 105 Å². The summed E-state index contributed by atoms with van der Waals surface area (Å²) in [7, 11) is 0.275. The van der Waals surface area contributed by atoms with Gasteiger partial charge in [-0.2, -0.15) is 8.42 Å². The van der Waals surface area contributed by atoms with E-state index in [0.29, 0.717) is 24.2 Å². The molecule has 1 aliphatic carbocycles. The molecule has 1 aromatic carbocycles. The number of imide groups is 1. The molecule has 0 bridgehead atoms. The van der Waals surface area contributed by atoms with Gasteiger partial charge in [-0.3, -0.25) is 9.69 Å². The fraction of sp³-hybridized carbons (Fsp3) is 0.579. The lowest BCUT2D eigenvalue weighted by Gasteiger charge is -2.31. The van der Waals surface area contributed by atoms with Gasteiger partial charge >= 0.3 is 16.5 Å². The number of nitrogens with one attached hydrogen (secondary N) is 1. The number of urea groups is 1. The Labute approximate surface area is 167 Å². The van der Waals surface area contributed by atoms with Gasteiger partial charge in [0.1, 0.15) is 11.4 Å². The van der Waals surface area contributed by atoms with Gasteiger partial charge in [0.25, 0.3) is 0 Å². The van der Waals surface area contributed by atoms with E-state index in [-0.39, 0.29) is 17.6 Å². The maximum absolute atomic E-state index is 13.4. The normalized spacial score (nSPS) is 15.3. The summed E-state index contributed by atoms with van der Waals surface area (Å²) in [4.78, 5) is 27.2. The van der Waals surface area contributed by atoms with Crippen LogP contribution in [0.2, 0.25) is 0 Å². The Morgan fingerprint density at radius 3 is 2.54 bits per heavy atom. The summed E-state index contributed by atoms with van der Waals surface area (Å²) in [6.07, 6.45) is 3.79. The lowest BCUT2D eigenvalue weighted by atomic mass is 9.92. The number of benzene rings is 1. The van der Waals surface area contributed by atoms with Crippen molar-refractivity contribution in [2.45, 2.75) is 57.4 Å². The number of amides is 3. The Morgan fingerprint density at radius 2 is 2.04 bits per heavy atom. The predicted molar refractivity (Wildman–Crippen MR) is 105 cm³/mol. The lowest BCUT2D eigenvalue weighted by Crippen LogP contribution is -2.51. The average Bonchev–Trinajstić information content (AvgIpc) is 3.47. The first-order chi connectivity index (χ1) is 13.3. The Morgan fingerprint density at radius 1 is 1.36 bits per heavy atom. The number of carbonyl (C=O) groups excluding carboxylic acids is 2. The van der Waals surface area contributed by atoms with Crippen LogP contribution in [0.1, 0.15) is 51.5 Å². The molecule has 1 N–H and O–H groups in total. The number of nitrogens with zero attached hydrogens (tertiary/aromatic N) is 2. The van der Waals surface area contributed by atoms with Crippen molar-refractivity contribution >= 4 is 28.1 Å². The summed E-state index contributed by atoms with van der Waals surface area (Å²) in [5.74, 6) is 0.0329. The van der Waals surface area contributed by atoms with Crippen molar-refractivity contribution in [1.82, 2.24) is 10.2 Å². The van der Waals surface area contributed by atoms with E-state index < -0.39 is 21.9 Å². The molecule has 1 saturated carbocycles. The molecule has 28 heavy (non-hydrogen) atoms. The highest BCUT2D eigenvalue weighted by Gasteiger charge is 2.55. The number of methoxy groups -OCH3 is 1. The zero-order valence-electron chi connectivity index (χ0n) is 16.7. The molecule has 0 saturated heterocycles. The molecule has 1 atom stereocenters. The Bertz CT molecular complexity index is 870. The second-order valence-corrected chi connectivity index (χ2v) is 7.62. The minimum atomic E-state index is -2.65. The number of unbranched alkanes of at least 4 members (excludes halogenated alkanes) is 1. The van der Waals surface area contributed by atoms with E-state index in [2.05, 4.69) is 16.6 Å². The highest BCUT2D eigenvalue weighted by atomic mass is 32.2. The van der Waals surface area contributed by atoms with Gasteiger partial charge in [-0.15, -0.1) is 4.36 Å². The molecule has 9 heteroatoms. The fourth-order valence-corrected chi connectivity index (χ4v) is 3.67. The minimum absolute atomic E-state index is 0.137. The highest BCUT2D eigenvalue weighted by Crippen LogP contribution is 2.51. The van der Waals surface area contributed by atoms with Crippen LogP contribution in [0.5, 0.6) is 5.75 Å². The van der Waals surface area contributed by atoms with Crippen LogP contribution in [-0.4, -0.2) is 45.5 Å². The van der Waals surface area contributed by atoms with E-state index in [1.54, 1.807) is 18.2 Å². The molecule has 0 aliphatic heterocycles. The van der Waals surface area contributed by atoms with Gasteiger partial charge < -0.3 is 10.1 Å². The van der Waals surface area contributed by atoms with Crippen molar-refractivity contribution in [1.29, 1.82) is 0 Å². The van der Waals surface area contributed by atoms with Crippen molar-refractivity contribution in [3.05, 3.63) is 23.8 Å². The van der Waals surface area contributed by atoms with Gasteiger partial charge in [0.05, 0.1) is 12.5 Å². The van der Waals surface area contributed by atoms with Crippen LogP contribution in [0.15, 0.2) is 22.6 Å². The van der Waals surface area contributed by atoms with Crippen LogP contribution in [0.25, 0.3) is 0 Å². The first kappa shape index (κ1) is 21.9. The van der Waals surface area contributed by atoms with Crippen molar-refractivity contribution < 1.29 is 22.7 Å². The minimum Gasteiger partial charge on any atom is -0.494 e. The van der Waals surface area contributed by atoms with E-state index in [4.69, 9.17) is 4.74 Å². The second-order valence-electron chi connectivity index (χ2n) is 7.00. The summed E-state index contributed by atoms with van der Waals surface area (Å²) < 4.78 is 30.8. The molecule has 2 rings (SSSR count). The van der Waals surface area contributed by atoms with Crippen molar-refractivity contribution in [2.24, 2.45) is 4.36 Å². The molecule has 1 aliphatic rings. The highest BCUT2D eigenvalue weighted by molar-refractivity contribution is 7.61. The molecule has 3 amide bonds. The van der Waals surface area contributed by atoms with Crippen molar-refractivity contribution in [3.63, 3.8) is 0 Å². The molecule has 0 heterocycles. The monoisotopic (exact) mass is 409 g/mol. The van der Waals surface area contributed by atoms with Crippen molar-refractivity contribution in [2.75, 3.05) is 14.2 Å². The standard InChI is InChI=1S/C19H27N3O5S/c1-5-6-7-13(2)22(18(24)20-3)17(23)19(10-11-19)14-8-9-16(27-4)15(12-14)21-28(25)26/h8-9,12-13H,5-7,10-11H2,1-4H3,(H,20,24). The van der Waals surface area contributed by atoms with E-state index >= 15 is 0 Å². The number of hydrogen-bond acceptors (Lipinski definition) is 6. The quantitative estimate of drug-likeness (QED) is 0.710. The van der Waals surface area contributed by atoms with Gasteiger partial charge in [-0.05, 0) is 43.9 Å². The van der Waals surface area contributed by atoms with Gasteiger partial charge in [0, 0.05) is 13.1 Å². The third kappa shape index (κ3) is 4.52. The van der Waals surface area contributed by atoms with Crippen LogP contribution in [0, 0.1) is 0 Å². The molecular formula is C19H27N3O5S. The number of carbonyl (C=O) groups is 2. The summed E-state index contributed by atoms with van der Waals surface area (Å²) in [6.45, 7) is 3.93. The molecule has 0 aromatic heterocycles. The Hall–Kier alpha value is -2.42. The first-order valence-electron chi connectivity index (χ1n) is 9.35. The molecule has 1 fully saturated rings. The number of ether oxygens (including phenoxy) is 1. The zero-order chi connectivity index (χ0) is 20.9. The van der Waals surface area contributed by atoms with E-state index in [1.165, 1.54) is 19.1 Å². The van der Waals surface area contributed by atoms with Gasteiger partial charge in [0.15, 0.2) is 0 Å². The molecule has 154 valence electrons. The molecule has 8 nitrogen and oxygen atoms in total. The third-order valence-corrected chi connectivity index (χ3v) is 5.48. The molecule has 1 unspecified atom stereocenters. The van der Waals surface area contributed by atoms with Crippen LogP contribution < -0.4 is 10.1 Å². The lowest BCUT2D eigenvalue weighted by molar-refractivity contribution is -0.132. The van der Waals surface area contributed by atoms with Crippen LogP contribution in [0.4, 0.5) is 10.5 Å². The summed E-state index contributed by atoms with van der Waals surface area (Å²) in [5, 5.41) is 2.56. The van der Waals surface area contributed by atoms with Crippen LogP contribution in [-0.2, 0) is 20.7 Å². The smallest absolute Gasteiger partial charge is 0.324 e. The third-order valence-electron chi connectivity index (χ3n) is 5.13. The van der Waals surface area contributed by atoms with E-state index in [0.717, 1.165) is 19.3 Å². The Kier molecular flexibility index (Phi) is 7.17. The van der Waals surface area contributed by atoms with Gasteiger partial charge in [-0.1, -0.05) is 25.8 Å². The largest absolute Gasteiger partial charge is 0.494 e. The predicted octanol–water partition coefficient (Wildman–Crippen LogP) is 3.17. The number of hydrogen-bond donors (Lipinski definition) is 1. The second kappa shape index (κ2) is 9.18. The SMILES string of the molecule is CCCCC(C)N(C(=O)NC)C(=O)C1(c2ccc(OC)c(N=S(=O)=O)c2)CC1. The Balaban J connectivity index is 2.43. The van der Waals surface area contributed by atoms with E-state index in [9.17, 15) is 18.0 Å². The van der Waals surface area contributed by atoms with Crippen LogP contribution in [0.3, 0.4) is 0 Å². The maximum atomic E-state index is 13.4. The number of rotatable bonds is 8. The molecule has 1 aromatic rings. The summed E-state index contributed by atoms with van der Waals surface area (Å²) in [5.41, 5.74) is -0.0644. The van der Waals surface area contributed by atoms with Gasteiger partial charge in [0.2, 0.25) is 5.91 Å². The summed E-state index contributed by atoms with van der Waals surface area (Å²) >= 11 is 0. The first-order valence-corrected chi connectivity index (χ1v) is 10.4. The van der Waals surface area contributed by atoms with Crippen LogP contribution >= 0.6 is 0 Å². The zero-order valence-corrected chi connectivity index (χ0v) is 17.5. The maximum Gasteiger partial charge on any atom is 0.324 e. The van der Waals surface area contributed by atoms with Gasteiger partial charge in [-0.25, -0.2) is 4.79 Å². The van der Waals surface area contributed by atoms with E-state index in [1.807, 2.05) is 6.92 Å². The molecule has 0 radical (unpaired) electrons. The summed E-state index contributed by atoms with van der Waals surface area (Å²) in [6, 6.07) is 4.22. The fourth-order valence-electron chi connectivity index (χ4n) is 3.36. The molecular weight excluding hydrogens is 382 g/mol. The van der Waals surface area contributed by atoms with Crippen molar-refractivity contribution in [3.8, 4) is 5.75 Å².